The fourth-order valence-corrected chi connectivity index (χ4v) is 11.2. The van der Waals surface area contributed by atoms with E-state index in [1.807, 2.05) is 41.7 Å². The zero-order valence-electron chi connectivity index (χ0n) is 28.0. The minimum absolute atomic E-state index is 0.159. The normalized spacial score (nSPS) is 13.8. The van der Waals surface area contributed by atoms with Gasteiger partial charge in [-0.25, -0.2) is 9.83 Å². The highest BCUT2D eigenvalue weighted by molar-refractivity contribution is 7.31. The summed E-state index contributed by atoms with van der Waals surface area (Å²) in [6.07, 6.45) is 1.90. The van der Waals surface area contributed by atoms with E-state index in [1.165, 1.54) is 70.3 Å². The molecule has 52 heavy (non-hydrogen) atoms. The van der Waals surface area contributed by atoms with Gasteiger partial charge in [-0.05, 0) is 82.9 Å². The van der Waals surface area contributed by atoms with Crippen LogP contribution in [0.5, 0.6) is 0 Å². The minimum Gasteiger partial charge on any atom is -0.310 e. The van der Waals surface area contributed by atoms with Crippen LogP contribution in [0.4, 0.5) is 17.1 Å². The van der Waals surface area contributed by atoms with Crippen LogP contribution in [0.15, 0.2) is 121 Å². The van der Waals surface area contributed by atoms with Gasteiger partial charge >= 0.3 is 0 Å². The zero-order valence-corrected chi connectivity index (χ0v) is 31.3. The molecular formula is C43H27N5S4. The molecule has 9 aromatic rings. The van der Waals surface area contributed by atoms with E-state index >= 15 is 0 Å². The van der Waals surface area contributed by atoms with Gasteiger partial charge in [-0.3, -0.25) is 0 Å². The average Bonchev–Trinajstić information content (AvgIpc) is 3.98. The van der Waals surface area contributed by atoms with Crippen LogP contribution in [0.2, 0.25) is 0 Å². The van der Waals surface area contributed by atoms with Crippen LogP contribution in [0.1, 0.15) is 35.5 Å². The second-order valence-corrected chi connectivity index (χ2v) is 17.0. The smallest absolute Gasteiger partial charge is 0.222 e. The molecule has 1 aliphatic heterocycles. The van der Waals surface area contributed by atoms with Crippen LogP contribution in [-0.2, 0) is 5.41 Å². The Morgan fingerprint density at radius 2 is 1.42 bits per heavy atom. The van der Waals surface area contributed by atoms with Gasteiger partial charge in [0.2, 0.25) is 5.70 Å². The Hall–Kier alpha value is -5.50. The van der Waals surface area contributed by atoms with Crippen LogP contribution in [0.25, 0.3) is 68.1 Å². The fraction of sp³-hybridized carbons (Fsp3) is 0.0698. The predicted octanol–water partition coefficient (Wildman–Crippen LogP) is 13.4. The van der Waals surface area contributed by atoms with Crippen molar-refractivity contribution in [1.29, 1.82) is 0 Å². The number of nitrogens with zero attached hydrogens (tertiary/aromatic N) is 5. The highest BCUT2D eigenvalue weighted by Crippen LogP contribution is 2.53. The van der Waals surface area contributed by atoms with Gasteiger partial charge in [0.05, 0.1) is 39.9 Å². The molecule has 5 aromatic carbocycles. The fourth-order valence-electron chi connectivity index (χ4n) is 7.29. The number of anilines is 3. The quantitative estimate of drug-likeness (QED) is 0.165. The standard InChI is InChI=1S/C43H27N5S4/c1-43(2)29-13-7-9-15-33(29)48(27-11-5-4-6-12-27)34-20-18-25(21-30(34)43)36-23-38-39(49-36)24-37(50-38)28-19-17-26(40-41(28)47-52-46-40)22-32(44-3)42-45-31-14-8-10-16-35(31)51-42/h4-24H,1-2H3. The molecule has 0 spiro atoms. The maximum absolute atomic E-state index is 7.92. The molecule has 0 aliphatic carbocycles. The lowest BCUT2D eigenvalue weighted by Gasteiger charge is -2.42. The number of hydrogen-bond donors (Lipinski definition) is 0. The third-order valence-corrected chi connectivity index (χ3v) is 13.8. The van der Waals surface area contributed by atoms with Gasteiger partial charge in [-0.15, -0.1) is 34.0 Å². The minimum atomic E-state index is -0.159. The first-order valence-corrected chi connectivity index (χ1v) is 20.0. The molecule has 0 bridgehead atoms. The lowest BCUT2D eigenvalue weighted by atomic mass is 9.73. The SMILES string of the molecule is [C-]#[N+]C(=Cc1ccc(-c2cc3sc(-c4ccc5c(c4)C(C)(C)c4ccccc4N5c4ccccc4)cc3s2)c2nsnc12)c1nc2ccccc2s1. The summed E-state index contributed by atoms with van der Waals surface area (Å²) in [7, 11) is 0. The van der Waals surface area contributed by atoms with Crippen molar-refractivity contribution in [2.75, 3.05) is 4.90 Å². The Balaban J connectivity index is 1.00. The zero-order chi connectivity index (χ0) is 35.0. The van der Waals surface area contributed by atoms with Crippen molar-refractivity contribution >= 4 is 105 Å². The number of thiophene rings is 2. The second-order valence-electron chi connectivity index (χ2n) is 13.3. The molecule has 0 radical (unpaired) electrons. The molecule has 10 rings (SSSR count). The summed E-state index contributed by atoms with van der Waals surface area (Å²) in [6, 6.07) is 43.2. The van der Waals surface area contributed by atoms with Crippen LogP contribution in [0.3, 0.4) is 0 Å². The molecule has 0 saturated carbocycles. The second kappa shape index (κ2) is 12.0. The summed E-state index contributed by atoms with van der Waals surface area (Å²) in [5.74, 6) is 0. The molecule has 248 valence electrons. The molecular weight excluding hydrogens is 715 g/mol. The summed E-state index contributed by atoms with van der Waals surface area (Å²) in [6.45, 7) is 12.6. The highest BCUT2D eigenvalue weighted by atomic mass is 32.1. The summed E-state index contributed by atoms with van der Waals surface area (Å²) in [5, 5.41) is 0.715. The first kappa shape index (κ1) is 31.3. The number of para-hydroxylation sites is 3. The third-order valence-electron chi connectivity index (χ3n) is 9.87. The van der Waals surface area contributed by atoms with E-state index in [0.717, 1.165) is 38.1 Å². The molecule has 5 nitrogen and oxygen atoms in total. The maximum Gasteiger partial charge on any atom is 0.222 e. The van der Waals surface area contributed by atoms with Crippen molar-refractivity contribution in [3.05, 3.63) is 154 Å². The molecule has 0 atom stereocenters. The van der Waals surface area contributed by atoms with Gasteiger partial charge < -0.3 is 4.90 Å². The van der Waals surface area contributed by atoms with E-state index in [0.29, 0.717) is 10.7 Å². The first-order valence-electron chi connectivity index (χ1n) is 16.8. The van der Waals surface area contributed by atoms with Gasteiger partial charge in [0.1, 0.15) is 16.0 Å². The largest absolute Gasteiger partial charge is 0.310 e. The van der Waals surface area contributed by atoms with E-state index in [2.05, 4.69) is 125 Å². The summed E-state index contributed by atoms with van der Waals surface area (Å²) in [5.41, 5.74) is 12.4. The molecule has 0 amide bonds. The number of thiazole rings is 1. The highest BCUT2D eigenvalue weighted by Gasteiger charge is 2.37. The summed E-state index contributed by atoms with van der Waals surface area (Å²) in [4.78, 5) is 13.4. The van der Waals surface area contributed by atoms with Crippen LogP contribution in [0, 0.1) is 6.57 Å². The van der Waals surface area contributed by atoms with Crippen molar-refractivity contribution in [2.45, 2.75) is 19.3 Å². The van der Waals surface area contributed by atoms with Crippen molar-refractivity contribution in [3.8, 4) is 20.9 Å². The number of hydrogen-bond acceptors (Lipinski definition) is 8. The summed E-state index contributed by atoms with van der Waals surface area (Å²) < 4.78 is 13.0. The van der Waals surface area contributed by atoms with Gasteiger partial charge in [0, 0.05) is 35.8 Å². The van der Waals surface area contributed by atoms with Crippen LogP contribution >= 0.6 is 45.7 Å². The Kier molecular flexibility index (Phi) is 7.24. The van der Waals surface area contributed by atoms with Crippen LogP contribution < -0.4 is 4.90 Å². The first-order chi connectivity index (χ1) is 25.5. The number of aromatic nitrogens is 3. The Labute approximate surface area is 316 Å². The average molecular weight is 742 g/mol. The van der Waals surface area contributed by atoms with Gasteiger partial charge in [0.25, 0.3) is 0 Å². The number of benzene rings is 5. The van der Waals surface area contributed by atoms with Gasteiger partial charge in [0.15, 0.2) is 0 Å². The Bertz CT molecular complexity index is 2850. The molecule has 0 saturated heterocycles. The van der Waals surface area contributed by atoms with Gasteiger partial charge in [-0.1, -0.05) is 80.6 Å². The van der Waals surface area contributed by atoms with E-state index in [-0.39, 0.29) is 5.41 Å². The topological polar surface area (TPSA) is 46.3 Å². The van der Waals surface area contributed by atoms with E-state index in [4.69, 9.17) is 15.9 Å². The Morgan fingerprint density at radius 3 is 2.27 bits per heavy atom. The van der Waals surface area contributed by atoms with Crippen molar-refractivity contribution in [3.63, 3.8) is 0 Å². The van der Waals surface area contributed by atoms with Crippen LogP contribution in [-0.4, -0.2) is 13.7 Å². The maximum atomic E-state index is 7.92. The summed E-state index contributed by atoms with van der Waals surface area (Å²) >= 11 is 6.37. The van der Waals surface area contributed by atoms with Crippen molar-refractivity contribution in [2.24, 2.45) is 0 Å². The lowest BCUT2D eigenvalue weighted by Crippen LogP contribution is -2.30. The van der Waals surface area contributed by atoms with E-state index in [9.17, 15) is 0 Å². The van der Waals surface area contributed by atoms with Gasteiger partial charge in [-0.2, -0.15) is 8.75 Å². The number of rotatable bonds is 5. The Morgan fingerprint density at radius 1 is 0.692 bits per heavy atom. The molecule has 0 N–H and O–H groups in total. The predicted molar refractivity (Wildman–Crippen MR) is 222 cm³/mol. The molecule has 9 heteroatoms. The molecule has 5 heterocycles. The van der Waals surface area contributed by atoms with Crippen molar-refractivity contribution < 1.29 is 0 Å². The monoisotopic (exact) mass is 741 g/mol. The molecule has 1 aliphatic rings. The van der Waals surface area contributed by atoms with E-state index in [1.54, 1.807) is 11.3 Å². The lowest BCUT2D eigenvalue weighted by molar-refractivity contribution is 0.632. The molecule has 0 unspecified atom stereocenters. The third kappa shape index (κ3) is 4.94. The number of fused-ring (bicyclic) bond motifs is 5. The molecule has 0 fully saturated rings. The van der Waals surface area contributed by atoms with Crippen molar-refractivity contribution in [1.82, 2.24) is 13.7 Å². The van der Waals surface area contributed by atoms with E-state index < -0.39 is 0 Å². The molecule has 4 aromatic heterocycles.